The van der Waals surface area contributed by atoms with E-state index in [2.05, 4.69) is 9.51 Å². The fraction of sp³-hybridized carbons (Fsp3) is 0.600. The third kappa shape index (κ3) is 3.86. The highest BCUT2D eigenvalue weighted by Crippen LogP contribution is 2.44. The lowest BCUT2D eigenvalue weighted by atomic mass is 10.2. The lowest BCUT2D eigenvalue weighted by Crippen LogP contribution is -2.29. The smallest absolute Gasteiger partial charge is 0.510 e. The summed E-state index contributed by atoms with van der Waals surface area (Å²) in [6, 6.07) is 0. The van der Waals surface area contributed by atoms with Crippen molar-refractivity contribution in [3.63, 3.8) is 0 Å². The van der Waals surface area contributed by atoms with Gasteiger partial charge in [-0.3, -0.25) is 14.0 Å². The van der Waals surface area contributed by atoms with E-state index in [9.17, 15) is 23.8 Å². The van der Waals surface area contributed by atoms with E-state index in [0.717, 1.165) is 4.57 Å². The molecule has 0 amide bonds. The second kappa shape index (κ2) is 5.82. The van der Waals surface area contributed by atoms with Crippen molar-refractivity contribution >= 4 is 7.91 Å². The Kier molecular flexibility index (Phi) is 4.45. The van der Waals surface area contributed by atoms with Crippen molar-refractivity contribution in [3.05, 3.63) is 22.2 Å². The molecule has 2 heterocycles. The molecule has 1 fully saturated rings. The minimum Gasteiger partial charge on any atom is -0.858 e. The predicted molar refractivity (Wildman–Crippen MR) is 64.1 cm³/mol. The number of ether oxygens (including phenoxy) is 1. The maximum atomic E-state index is 12.4. The van der Waals surface area contributed by atoms with E-state index < -0.39 is 44.5 Å². The van der Waals surface area contributed by atoms with Crippen LogP contribution in [-0.4, -0.2) is 38.4 Å². The highest BCUT2D eigenvalue weighted by Gasteiger charge is 2.37. The summed E-state index contributed by atoms with van der Waals surface area (Å²) in [5.74, 6) is -0.659. The maximum absolute atomic E-state index is 12.4. The van der Waals surface area contributed by atoms with Crippen molar-refractivity contribution in [1.29, 1.82) is 0 Å². The lowest BCUT2D eigenvalue weighted by Gasteiger charge is -2.18. The number of hydrogen-bond donors (Lipinski definition) is 2. The van der Waals surface area contributed by atoms with Crippen molar-refractivity contribution in [2.45, 2.75) is 31.8 Å². The van der Waals surface area contributed by atoms with Gasteiger partial charge in [0.2, 0.25) is 0 Å². The highest BCUT2D eigenvalue weighted by molar-refractivity contribution is 7.46. The van der Waals surface area contributed by atoms with Crippen LogP contribution < -0.4 is 10.8 Å². The normalized spacial score (nSPS) is 28.5. The summed E-state index contributed by atoms with van der Waals surface area (Å²) in [6.07, 6.45) is -1.92. The molecule has 1 aromatic heterocycles. The summed E-state index contributed by atoms with van der Waals surface area (Å²) in [5, 5.41) is 20.9. The number of aromatic nitrogens is 2. The zero-order valence-electron chi connectivity index (χ0n) is 10.9. The fourth-order valence-electron chi connectivity index (χ4n) is 1.96. The first-order chi connectivity index (χ1) is 9.67. The minimum absolute atomic E-state index is 0.0325. The monoisotopic (exact) mass is 323 g/mol. The zero-order valence-corrected chi connectivity index (χ0v) is 11.8. The first kappa shape index (κ1) is 16.1. The number of aliphatic hydroxyl groups is 1. The quantitative estimate of drug-likeness (QED) is 0.699. The van der Waals surface area contributed by atoms with E-state index in [1.165, 1.54) is 13.1 Å². The van der Waals surface area contributed by atoms with E-state index >= 15 is 0 Å². The average molecular weight is 323 g/mol. The third-order valence-electron chi connectivity index (χ3n) is 3.00. The molecule has 0 bridgehead atoms. The van der Waals surface area contributed by atoms with Gasteiger partial charge in [-0.1, -0.05) is 0 Å². The number of rotatable bonds is 4. The van der Waals surface area contributed by atoms with Crippen LogP contribution in [0.4, 0.5) is 4.20 Å². The van der Waals surface area contributed by atoms with Crippen LogP contribution in [0.15, 0.2) is 11.0 Å². The van der Waals surface area contributed by atoms with Crippen LogP contribution in [0.3, 0.4) is 0 Å². The number of halogens is 1. The second-order valence-corrected chi connectivity index (χ2v) is 5.76. The van der Waals surface area contributed by atoms with Crippen molar-refractivity contribution in [1.82, 2.24) is 9.55 Å². The van der Waals surface area contributed by atoms with Gasteiger partial charge in [-0.15, -0.1) is 4.20 Å². The van der Waals surface area contributed by atoms with Crippen molar-refractivity contribution < 1.29 is 33.1 Å². The van der Waals surface area contributed by atoms with Gasteiger partial charge in [0.25, 0.3) is 0 Å². The number of nitrogens with zero attached hydrogens (tertiary/aromatic N) is 2. The Morgan fingerprint density at radius 1 is 1.71 bits per heavy atom. The predicted octanol–water partition coefficient (Wildman–Crippen LogP) is -0.640. The van der Waals surface area contributed by atoms with Gasteiger partial charge in [-0.2, -0.15) is 0 Å². The maximum Gasteiger partial charge on any atom is 0.510 e. The van der Waals surface area contributed by atoms with Crippen LogP contribution >= 0.6 is 7.91 Å². The standard InChI is InChI=1S/C10H14FN2O7P/c1-5-3-13(10(16)12-9(5)15)8-2-6(14)7(20-8)4-19-21(11,17)18/h3,6-8,14H,2,4H2,1H3,(H,17,18)(H,12,15,16)/p-1/t6-,7+,8+/m0/s1. The summed E-state index contributed by atoms with van der Waals surface area (Å²) in [7, 11) is -5.17. The van der Waals surface area contributed by atoms with E-state index in [-0.39, 0.29) is 12.0 Å². The molecule has 1 aliphatic heterocycles. The highest BCUT2D eigenvalue weighted by atomic mass is 31.2. The molecular weight excluding hydrogens is 310 g/mol. The number of aryl methyl sites for hydroxylation is 1. The SMILES string of the molecule is Cc1cn([C@H]2C[C@H](O)[C@@H](COP(=O)(O)F)O2)c(=O)nc1[O-]. The Balaban J connectivity index is 2.12. The molecule has 0 radical (unpaired) electrons. The van der Waals surface area contributed by atoms with Gasteiger partial charge in [-0.05, 0) is 18.4 Å². The van der Waals surface area contributed by atoms with Crippen molar-refractivity contribution in [3.8, 4) is 5.88 Å². The Bertz CT molecular complexity index is 630. The van der Waals surface area contributed by atoms with Gasteiger partial charge in [-0.25, -0.2) is 14.3 Å². The zero-order chi connectivity index (χ0) is 15.8. The second-order valence-electron chi connectivity index (χ2n) is 4.60. The molecule has 1 aromatic rings. The van der Waals surface area contributed by atoms with Crippen molar-refractivity contribution in [2.24, 2.45) is 0 Å². The molecule has 0 saturated carbocycles. The summed E-state index contributed by atoms with van der Waals surface area (Å²) < 4.78 is 33.1. The number of hydrogen-bond acceptors (Lipinski definition) is 7. The molecule has 0 spiro atoms. The summed E-state index contributed by atoms with van der Waals surface area (Å²) in [5.41, 5.74) is -0.626. The summed E-state index contributed by atoms with van der Waals surface area (Å²) in [4.78, 5) is 23.3. The topological polar surface area (TPSA) is 134 Å². The largest absolute Gasteiger partial charge is 0.858 e. The van der Waals surface area contributed by atoms with Crippen LogP contribution in [0.5, 0.6) is 5.88 Å². The number of aliphatic hydroxyl groups excluding tert-OH is 1. The van der Waals surface area contributed by atoms with Gasteiger partial charge in [0.1, 0.15) is 12.3 Å². The van der Waals surface area contributed by atoms with Gasteiger partial charge >= 0.3 is 13.6 Å². The summed E-state index contributed by atoms with van der Waals surface area (Å²) in [6.45, 7) is 0.811. The molecule has 0 aliphatic carbocycles. The molecule has 1 aliphatic rings. The van der Waals surface area contributed by atoms with Crippen molar-refractivity contribution in [2.75, 3.05) is 6.61 Å². The Morgan fingerprint density at radius 2 is 2.38 bits per heavy atom. The summed E-state index contributed by atoms with van der Waals surface area (Å²) >= 11 is 0. The molecule has 2 rings (SSSR count). The fourth-order valence-corrected chi connectivity index (χ4v) is 2.29. The van der Waals surface area contributed by atoms with Gasteiger partial charge in [0, 0.05) is 12.6 Å². The van der Waals surface area contributed by atoms with E-state index in [1.807, 2.05) is 0 Å². The van der Waals surface area contributed by atoms with Crippen LogP contribution in [0.25, 0.3) is 0 Å². The van der Waals surface area contributed by atoms with Gasteiger partial charge < -0.3 is 14.9 Å². The molecule has 9 nitrogen and oxygen atoms in total. The molecular formula is C10H13FN2O7P-. The third-order valence-corrected chi connectivity index (χ3v) is 3.47. The molecule has 0 aromatic carbocycles. The average Bonchev–Trinajstić information content (AvgIpc) is 2.72. The van der Waals surface area contributed by atoms with Gasteiger partial charge in [0.05, 0.1) is 12.7 Å². The van der Waals surface area contributed by atoms with Crippen LogP contribution in [0, 0.1) is 6.92 Å². The molecule has 21 heavy (non-hydrogen) atoms. The molecule has 118 valence electrons. The molecule has 4 atom stereocenters. The van der Waals surface area contributed by atoms with Crippen LogP contribution in [0.2, 0.25) is 0 Å². The lowest BCUT2D eigenvalue weighted by molar-refractivity contribution is -0.276. The van der Waals surface area contributed by atoms with Crippen LogP contribution in [0.1, 0.15) is 18.2 Å². The molecule has 11 heteroatoms. The minimum atomic E-state index is -5.17. The Hall–Kier alpha value is -1.32. The van der Waals surface area contributed by atoms with Crippen LogP contribution in [-0.2, 0) is 13.8 Å². The molecule has 2 N–H and O–H groups in total. The van der Waals surface area contributed by atoms with Gasteiger partial charge in [0.15, 0.2) is 0 Å². The Labute approximate surface area is 118 Å². The molecule has 1 saturated heterocycles. The molecule has 1 unspecified atom stereocenters. The van der Waals surface area contributed by atoms with E-state index in [0.29, 0.717) is 0 Å². The van der Waals surface area contributed by atoms with E-state index in [1.54, 1.807) is 0 Å². The first-order valence-electron chi connectivity index (χ1n) is 5.94. The van der Waals surface area contributed by atoms with E-state index in [4.69, 9.17) is 9.63 Å². The Morgan fingerprint density at radius 3 is 3.00 bits per heavy atom. The first-order valence-corrected chi connectivity index (χ1v) is 7.41.